The lowest BCUT2D eigenvalue weighted by atomic mass is 10.0. The van der Waals surface area contributed by atoms with Crippen molar-refractivity contribution in [3.8, 4) is 0 Å². The van der Waals surface area contributed by atoms with Gasteiger partial charge >= 0.3 is 0 Å². The molecule has 0 spiro atoms. The van der Waals surface area contributed by atoms with E-state index in [2.05, 4.69) is 36.3 Å². The zero-order valence-corrected chi connectivity index (χ0v) is 15.5. The molecule has 3 rings (SSSR count). The Hall–Kier alpha value is -0.970. The Morgan fingerprint density at radius 3 is 2.26 bits per heavy atom. The molecule has 0 unspecified atom stereocenters. The number of fused-ring (bicyclic) bond motifs is 1. The summed E-state index contributed by atoms with van der Waals surface area (Å²) in [4.78, 5) is 16.8. The molecule has 1 aromatic rings. The summed E-state index contributed by atoms with van der Waals surface area (Å²) in [6.45, 7) is 7.16. The van der Waals surface area contributed by atoms with Gasteiger partial charge in [0.05, 0.1) is 0 Å². The van der Waals surface area contributed by atoms with Crippen molar-refractivity contribution in [2.45, 2.75) is 13.3 Å². The molecule has 0 aliphatic carbocycles. The van der Waals surface area contributed by atoms with Crippen molar-refractivity contribution in [1.82, 2.24) is 10.2 Å². The normalized spacial score (nSPS) is 22.1. The molecule has 2 aliphatic rings. The second-order valence-corrected chi connectivity index (χ2v) is 6.36. The summed E-state index contributed by atoms with van der Waals surface area (Å²) in [6, 6.07) is 8.05. The van der Waals surface area contributed by atoms with Gasteiger partial charge in [-0.1, -0.05) is 6.92 Å². The SMILES string of the molecule is CCCN(C)c1ccc(C(=O)N2C[C@H]3CNC[C@H]3C2)cc1.Cl.Cl. The van der Waals surface area contributed by atoms with E-state index in [9.17, 15) is 4.79 Å². The monoisotopic (exact) mass is 359 g/mol. The Labute approximate surface area is 151 Å². The maximum absolute atomic E-state index is 12.6. The fourth-order valence-corrected chi connectivity index (χ4v) is 3.53. The fraction of sp³-hybridized carbons (Fsp3) is 0.588. The van der Waals surface area contributed by atoms with Crippen molar-refractivity contribution in [2.24, 2.45) is 11.8 Å². The third-order valence-electron chi connectivity index (χ3n) is 4.79. The van der Waals surface area contributed by atoms with Crippen LogP contribution in [0.5, 0.6) is 0 Å². The van der Waals surface area contributed by atoms with Gasteiger partial charge in [0.25, 0.3) is 5.91 Å². The zero-order valence-electron chi connectivity index (χ0n) is 13.8. The summed E-state index contributed by atoms with van der Waals surface area (Å²) >= 11 is 0. The van der Waals surface area contributed by atoms with E-state index in [1.807, 2.05) is 17.0 Å². The summed E-state index contributed by atoms with van der Waals surface area (Å²) in [5, 5.41) is 3.41. The third kappa shape index (κ3) is 4.31. The summed E-state index contributed by atoms with van der Waals surface area (Å²) in [6.07, 6.45) is 1.13. The first-order valence-electron chi connectivity index (χ1n) is 8.00. The van der Waals surface area contributed by atoms with Gasteiger partial charge in [0.1, 0.15) is 0 Å². The minimum atomic E-state index is 0. The van der Waals surface area contributed by atoms with E-state index in [1.54, 1.807) is 0 Å². The molecule has 130 valence electrons. The van der Waals surface area contributed by atoms with Crippen molar-refractivity contribution < 1.29 is 4.79 Å². The predicted molar refractivity (Wildman–Crippen MR) is 100 cm³/mol. The molecule has 0 aromatic heterocycles. The first-order chi connectivity index (χ1) is 10.2. The van der Waals surface area contributed by atoms with Crippen LogP contribution >= 0.6 is 24.8 Å². The fourth-order valence-electron chi connectivity index (χ4n) is 3.53. The highest BCUT2D eigenvalue weighted by Gasteiger charge is 2.38. The van der Waals surface area contributed by atoms with Crippen LogP contribution in [0.4, 0.5) is 5.69 Å². The standard InChI is InChI=1S/C17H25N3O.2ClH/c1-3-8-19(2)16-6-4-13(5-7-16)17(21)20-11-14-9-18-10-15(14)12-20;;/h4-7,14-15,18H,3,8-12H2,1-2H3;2*1H/t14-,15+;;. The molecule has 2 aliphatic heterocycles. The lowest BCUT2D eigenvalue weighted by molar-refractivity contribution is 0.0781. The molecule has 0 radical (unpaired) electrons. The molecule has 0 saturated carbocycles. The van der Waals surface area contributed by atoms with E-state index in [-0.39, 0.29) is 30.7 Å². The van der Waals surface area contributed by atoms with E-state index in [4.69, 9.17) is 0 Å². The lowest BCUT2D eigenvalue weighted by Gasteiger charge is -2.20. The number of likely N-dealkylation sites (tertiary alicyclic amines) is 1. The van der Waals surface area contributed by atoms with Crippen molar-refractivity contribution in [2.75, 3.05) is 44.7 Å². The average molecular weight is 360 g/mol. The van der Waals surface area contributed by atoms with Crippen LogP contribution in [-0.4, -0.2) is 50.6 Å². The van der Waals surface area contributed by atoms with E-state index < -0.39 is 0 Å². The number of carbonyl (C=O) groups is 1. The topological polar surface area (TPSA) is 35.6 Å². The van der Waals surface area contributed by atoms with Gasteiger partial charge in [0.2, 0.25) is 0 Å². The first kappa shape index (κ1) is 20.1. The van der Waals surface area contributed by atoms with Gasteiger partial charge in [0, 0.05) is 51.0 Å². The number of hydrogen-bond acceptors (Lipinski definition) is 3. The molecule has 2 fully saturated rings. The Morgan fingerprint density at radius 2 is 1.74 bits per heavy atom. The molecule has 1 N–H and O–H groups in total. The van der Waals surface area contributed by atoms with E-state index in [1.165, 1.54) is 5.69 Å². The second kappa shape index (κ2) is 8.76. The Balaban J connectivity index is 0.00000132. The van der Waals surface area contributed by atoms with Gasteiger partial charge in [0.15, 0.2) is 0 Å². The van der Waals surface area contributed by atoms with Crippen LogP contribution in [0.3, 0.4) is 0 Å². The van der Waals surface area contributed by atoms with Gasteiger partial charge in [-0.25, -0.2) is 0 Å². The highest BCUT2D eigenvalue weighted by Crippen LogP contribution is 2.27. The van der Waals surface area contributed by atoms with Gasteiger partial charge in [-0.2, -0.15) is 0 Å². The zero-order chi connectivity index (χ0) is 14.8. The number of anilines is 1. The van der Waals surface area contributed by atoms with E-state index in [0.717, 1.165) is 44.7 Å². The minimum Gasteiger partial charge on any atom is -0.375 e. The molecule has 1 amide bonds. The first-order valence-corrected chi connectivity index (χ1v) is 8.00. The van der Waals surface area contributed by atoms with Gasteiger partial charge in [-0.05, 0) is 42.5 Å². The van der Waals surface area contributed by atoms with Crippen molar-refractivity contribution in [3.63, 3.8) is 0 Å². The molecular formula is C17H27Cl2N3O. The Bertz CT molecular complexity index is 497. The highest BCUT2D eigenvalue weighted by atomic mass is 35.5. The second-order valence-electron chi connectivity index (χ2n) is 6.36. The third-order valence-corrected chi connectivity index (χ3v) is 4.79. The number of amides is 1. The van der Waals surface area contributed by atoms with Gasteiger partial charge in [-0.15, -0.1) is 24.8 Å². The van der Waals surface area contributed by atoms with Crippen LogP contribution in [0.15, 0.2) is 24.3 Å². The molecule has 0 bridgehead atoms. The van der Waals surface area contributed by atoms with Crippen LogP contribution in [0.2, 0.25) is 0 Å². The number of halogens is 2. The number of nitrogens with one attached hydrogen (secondary N) is 1. The summed E-state index contributed by atoms with van der Waals surface area (Å²) in [5.74, 6) is 1.50. The molecule has 6 heteroatoms. The average Bonchev–Trinajstić information content (AvgIpc) is 3.08. The number of rotatable bonds is 4. The van der Waals surface area contributed by atoms with Crippen LogP contribution in [0, 0.1) is 11.8 Å². The Kier molecular flexibility index (Phi) is 7.65. The van der Waals surface area contributed by atoms with Crippen LogP contribution in [0.1, 0.15) is 23.7 Å². The van der Waals surface area contributed by atoms with Crippen LogP contribution in [-0.2, 0) is 0 Å². The molecule has 1 aromatic carbocycles. The maximum Gasteiger partial charge on any atom is 0.253 e. The van der Waals surface area contributed by atoms with Crippen molar-refractivity contribution >= 4 is 36.4 Å². The summed E-state index contributed by atoms with van der Waals surface area (Å²) in [5.41, 5.74) is 1.99. The molecular weight excluding hydrogens is 333 g/mol. The molecule has 2 heterocycles. The molecule has 2 saturated heterocycles. The molecule has 23 heavy (non-hydrogen) atoms. The number of nitrogens with zero attached hydrogens (tertiary/aromatic N) is 2. The van der Waals surface area contributed by atoms with Crippen molar-refractivity contribution in [1.29, 1.82) is 0 Å². The molecule has 4 nitrogen and oxygen atoms in total. The predicted octanol–water partition coefficient (Wildman–Crippen LogP) is 2.67. The minimum absolute atomic E-state index is 0. The van der Waals surface area contributed by atoms with Gasteiger partial charge in [-0.3, -0.25) is 4.79 Å². The molecule has 2 atom stereocenters. The Morgan fingerprint density at radius 1 is 1.17 bits per heavy atom. The van der Waals surface area contributed by atoms with Gasteiger partial charge < -0.3 is 15.1 Å². The smallest absolute Gasteiger partial charge is 0.253 e. The summed E-state index contributed by atoms with van der Waals surface area (Å²) in [7, 11) is 2.09. The summed E-state index contributed by atoms with van der Waals surface area (Å²) < 4.78 is 0. The van der Waals surface area contributed by atoms with Crippen LogP contribution in [0.25, 0.3) is 0 Å². The van der Waals surface area contributed by atoms with Crippen molar-refractivity contribution in [3.05, 3.63) is 29.8 Å². The van der Waals surface area contributed by atoms with E-state index in [0.29, 0.717) is 11.8 Å². The number of hydrogen-bond donors (Lipinski definition) is 1. The maximum atomic E-state index is 12.6. The number of carbonyl (C=O) groups excluding carboxylic acids is 1. The van der Waals surface area contributed by atoms with Crippen LogP contribution < -0.4 is 10.2 Å². The highest BCUT2D eigenvalue weighted by molar-refractivity contribution is 5.94. The van der Waals surface area contributed by atoms with E-state index >= 15 is 0 Å². The lowest BCUT2D eigenvalue weighted by Crippen LogP contribution is -2.31. The number of benzene rings is 1. The largest absolute Gasteiger partial charge is 0.375 e. The quantitative estimate of drug-likeness (QED) is 0.897.